The minimum Gasteiger partial charge on any atom is -0.399 e. The van der Waals surface area contributed by atoms with Crippen LogP contribution in [0.5, 0.6) is 0 Å². The average Bonchev–Trinajstić information content (AvgIpc) is 3.09. The molecule has 0 spiro atoms. The number of hydrogen-bond acceptors (Lipinski definition) is 7. The van der Waals surface area contributed by atoms with Gasteiger partial charge in [0.15, 0.2) is 0 Å². The van der Waals surface area contributed by atoms with Crippen molar-refractivity contribution in [3.8, 4) is 0 Å². The topological polar surface area (TPSA) is 98.7 Å². The molecule has 3 heterocycles. The van der Waals surface area contributed by atoms with Crippen molar-refractivity contribution in [3.05, 3.63) is 12.4 Å². The van der Waals surface area contributed by atoms with E-state index in [1.165, 1.54) is 19.3 Å². The summed E-state index contributed by atoms with van der Waals surface area (Å²) < 4.78 is 37.1. The highest BCUT2D eigenvalue weighted by atomic mass is 32.2. The highest BCUT2D eigenvalue weighted by molar-refractivity contribution is 7.91. The summed E-state index contributed by atoms with van der Waals surface area (Å²) in [5.41, 5.74) is -0.405. The molecule has 0 N–H and O–H groups in total. The Hall–Kier alpha value is -1.52. The molecule has 2 aliphatic heterocycles. The van der Waals surface area contributed by atoms with Crippen LogP contribution in [-0.4, -0.2) is 66.4 Å². The van der Waals surface area contributed by atoms with Crippen LogP contribution in [-0.2, 0) is 23.9 Å². The molecule has 8 nitrogen and oxygen atoms in total. The van der Waals surface area contributed by atoms with Crippen molar-refractivity contribution in [1.29, 1.82) is 0 Å². The number of nitrogens with zero attached hydrogens (tertiary/aromatic N) is 3. The van der Waals surface area contributed by atoms with Gasteiger partial charge in [0, 0.05) is 37.9 Å². The van der Waals surface area contributed by atoms with Gasteiger partial charge in [0.05, 0.1) is 17.0 Å². The number of rotatable bonds is 4. The Morgan fingerprint density at radius 1 is 1.22 bits per heavy atom. The normalized spacial score (nSPS) is 24.4. The van der Waals surface area contributed by atoms with Gasteiger partial charge in [-0.3, -0.25) is 4.79 Å². The summed E-state index contributed by atoms with van der Waals surface area (Å²) in [6.07, 6.45) is 3.56. The van der Waals surface area contributed by atoms with E-state index >= 15 is 0 Å². The van der Waals surface area contributed by atoms with Gasteiger partial charge >= 0.3 is 7.12 Å². The standard InChI is InChI=1S/C17H26BN3O5S/c1-12(22)21-7-6-13(10-21)11-27(23,24)15-19-8-14(9-20-15)18-25-16(2,3)17(4,5)26-18/h8-9,13H,6-7,10-11H2,1-5H3/t13-/m1/s1. The monoisotopic (exact) mass is 395 g/mol. The molecular formula is C17H26BN3O5S. The summed E-state index contributed by atoms with van der Waals surface area (Å²) in [6, 6.07) is 0. The number of hydrogen-bond donors (Lipinski definition) is 0. The summed E-state index contributed by atoms with van der Waals surface area (Å²) in [5, 5.41) is -0.205. The number of aromatic nitrogens is 2. The number of carbonyl (C=O) groups excluding carboxylic acids is 1. The number of amides is 1. The Morgan fingerprint density at radius 2 is 1.78 bits per heavy atom. The van der Waals surface area contributed by atoms with E-state index in [-0.39, 0.29) is 22.7 Å². The maximum atomic E-state index is 12.6. The van der Waals surface area contributed by atoms with Gasteiger partial charge in [0.25, 0.3) is 0 Å². The zero-order valence-electron chi connectivity index (χ0n) is 16.4. The van der Waals surface area contributed by atoms with Crippen LogP contribution in [0.25, 0.3) is 0 Å². The molecule has 2 saturated heterocycles. The Labute approximate surface area is 160 Å². The first kappa shape index (κ1) is 20.2. The predicted octanol–water partition coefficient (Wildman–Crippen LogP) is 0.418. The van der Waals surface area contributed by atoms with E-state index in [0.29, 0.717) is 25.0 Å². The van der Waals surface area contributed by atoms with Gasteiger partial charge in [-0.25, -0.2) is 18.4 Å². The Kier molecular flexibility index (Phi) is 5.11. The summed E-state index contributed by atoms with van der Waals surface area (Å²) in [7, 11) is -4.25. The lowest BCUT2D eigenvalue weighted by Gasteiger charge is -2.32. The molecule has 10 heteroatoms. The van der Waals surface area contributed by atoms with Crippen LogP contribution >= 0.6 is 0 Å². The molecule has 2 fully saturated rings. The number of carbonyl (C=O) groups is 1. The first-order valence-electron chi connectivity index (χ1n) is 9.07. The molecule has 27 heavy (non-hydrogen) atoms. The van der Waals surface area contributed by atoms with Gasteiger partial charge in [0.2, 0.25) is 20.9 Å². The van der Waals surface area contributed by atoms with E-state index in [1.807, 2.05) is 27.7 Å². The third-order valence-corrected chi connectivity index (χ3v) is 7.32. The predicted molar refractivity (Wildman–Crippen MR) is 100 cm³/mol. The highest BCUT2D eigenvalue weighted by Crippen LogP contribution is 2.36. The fourth-order valence-electron chi connectivity index (χ4n) is 3.23. The fourth-order valence-corrected chi connectivity index (χ4v) is 4.70. The van der Waals surface area contributed by atoms with Crippen LogP contribution in [0.2, 0.25) is 0 Å². The van der Waals surface area contributed by atoms with Crippen molar-refractivity contribution >= 4 is 28.3 Å². The first-order valence-corrected chi connectivity index (χ1v) is 10.7. The molecule has 0 unspecified atom stereocenters. The molecule has 1 aromatic rings. The minimum absolute atomic E-state index is 0.0297. The smallest absolute Gasteiger partial charge is 0.399 e. The SMILES string of the molecule is CC(=O)N1CC[C@@H](CS(=O)(=O)c2ncc(B3OC(C)(C)C(C)(C)O3)cn2)C1. The largest absolute Gasteiger partial charge is 0.498 e. The molecule has 3 rings (SSSR count). The highest BCUT2D eigenvalue weighted by Gasteiger charge is 2.52. The van der Waals surface area contributed by atoms with Crippen LogP contribution in [0.4, 0.5) is 0 Å². The lowest BCUT2D eigenvalue weighted by atomic mass is 9.81. The molecule has 2 aliphatic rings. The summed E-state index contributed by atoms with van der Waals surface area (Å²) in [5.74, 6) is -0.185. The van der Waals surface area contributed by atoms with E-state index in [9.17, 15) is 13.2 Å². The summed E-state index contributed by atoms with van der Waals surface area (Å²) in [6.45, 7) is 10.3. The van der Waals surface area contributed by atoms with E-state index in [1.54, 1.807) is 4.90 Å². The van der Waals surface area contributed by atoms with E-state index in [2.05, 4.69) is 9.97 Å². The molecule has 0 bridgehead atoms. The van der Waals surface area contributed by atoms with Crippen LogP contribution in [0.3, 0.4) is 0 Å². The van der Waals surface area contributed by atoms with Gasteiger partial charge in [-0.05, 0) is 40.0 Å². The third kappa shape index (κ3) is 4.02. The van der Waals surface area contributed by atoms with Crippen molar-refractivity contribution in [2.24, 2.45) is 5.92 Å². The van der Waals surface area contributed by atoms with Crippen molar-refractivity contribution in [3.63, 3.8) is 0 Å². The second kappa shape index (κ2) is 6.82. The van der Waals surface area contributed by atoms with Gasteiger partial charge in [-0.15, -0.1) is 0 Å². The molecule has 1 atom stereocenters. The van der Waals surface area contributed by atoms with Gasteiger partial charge in [0.1, 0.15) is 0 Å². The maximum Gasteiger partial charge on any atom is 0.498 e. The molecule has 148 valence electrons. The molecule has 0 aliphatic carbocycles. The average molecular weight is 395 g/mol. The van der Waals surface area contributed by atoms with Gasteiger partial charge in [-0.2, -0.15) is 0 Å². The van der Waals surface area contributed by atoms with Crippen molar-refractivity contribution in [2.45, 2.75) is 57.4 Å². The van der Waals surface area contributed by atoms with Crippen molar-refractivity contribution < 1.29 is 22.5 Å². The first-order chi connectivity index (χ1) is 12.4. The Morgan fingerprint density at radius 3 is 2.26 bits per heavy atom. The van der Waals surface area contributed by atoms with E-state index in [4.69, 9.17) is 9.31 Å². The maximum absolute atomic E-state index is 12.6. The molecule has 0 saturated carbocycles. The number of sulfone groups is 1. The second-order valence-electron chi connectivity index (χ2n) is 8.29. The minimum atomic E-state index is -3.62. The van der Waals surface area contributed by atoms with Gasteiger partial charge in [-0.1, -0.05) is 0 Å². The van der Waals surface area contributed by atoms with Crippen LogP contribution < -0.4 is 5.46 Å². The lowest BCUT2D eigenvalue weighted by molar-refractivity contribution is -0.127. The second-order valence-corrected chi connectivity index (χ2v) is 10.2. The van der Waals surface area contributed by atoms with Crippen LogP contribution in [0.15, 0.2) is 17.6 Å². The Bertz CT molecular complexity index is 809. The van der Waals surface area contributed by atoms with E-state index in [0.717, 1.165) is 0 Å². The molecule has 0 radical (unpaired) electrons. The zero-order valence-corrected chi connectivity index (χ0v) is 17.2. The van der Waals surface area contributed by atoms with Gasteiger partial charge < -0.3 is 14.2 Å². The van der Waals surface area contributed by atoms with Crippen molar-refractivity contribution in [1.82, 2.24) is 14.9 Å². The quantitative estimate of drug-likeness (QED) is 0.538. The molecule has 0 aromatic carbocycles. The van der Waals surface area contributed by atoms with Crippen molar-refractivity contribution in [2.75, 3.05) is 18.8 Å². The van der Waals surface area contributed by atoms with E-state index < -0.39 is 28.2 Å². The number of likely N-dealkylation sites (tertiary alicyclic amines) is 1. The van der Waals surface area contributed by atoms with Crippen LogP contribution in [0.1, 0.15) is 41.0 Å². The molecular weight excluding hydrogens is 369 g/mol. The molecule has 1 aromatic heterocycles. The van der Waals surface area contributed by atoms with Crippen LogP contribution in [0, 0.1) is 5.92 Å². The zero-order chi connectivity index (χ0) is 20.0. The third-order valence-electron chi connectivity index (χ3n) is 5.64. The fraction of sp³-hybridized carbons (Fsp3) is 0.706. The summed E-state index contributed by atoms with van der Waals surface area (Å²) >= 11 is 0. The Balaban J connectivity index is 1.69. The lowest BCUT2D eigenvalue weighted by Crippen LogP contribution is -2.41. The summed E-state index contributed by atoms with van der Waals surface area (Å²) in [4.78, 5) is 21.2. The molecule has 1 amide bonds.